The van der Waals surface area contributed by atoms with Gasteiger partial charge >= 0.3 is 12.3 Å². The van der Waals surface area contributed by atoms with Crippen LogP contribution in [0.15, 0.2) is 67.6 Å². The Morgan fingerprint density at radius 1 is 1.15 bits per heavy atom. The molecule has 3 aromatic heterocycles. The lowest BCUT2D eigenvalue weighted by Gasteiger charge is -2.33. The average molecular weight is 564 g/mol. The molecule has 0 aliphatic carbocycles. The number of nitrogens with one attached hydrogen (secondary N) is 1. The molecule has 3 atom stereocenters. The fourth-order valence-corrected chi connectivity index (χ4v) is 5.44. The number of nitrogens with two attached hydrogens (primary N) is 1. The maximum absolute atomic E-state index is 13.0. The van der Waals surface area contributed by atoms with E-state index in [0.717, 1.165) is 37.0 Å². The summed E-state index contributed by atoms with van der Waals surface area (Å²) in [5.41, 5.74) is 7.36. The Bertz CT molecular complexity index is 1670. The number of nitrogens with zero attached hydrogens (tertiary/aromatic N) is 5. The van der Waals surface area contributed by atoms with Gasteiger partial charge in [0.2, 0.25) is 0 Å². The predicted molar refractivity (Wildman–Crippen MR) is 143 cm³/mol. The van der Waals surface area contributed by atoms with Gasteiger partial charge in [0.1, 0.15) is 34.8 Å². The minimum Gasteiger partial charge on any atom is -0.440 e. The van der Waals surface area contributed by atoms with E-state index in [0.29, 0.717) is 23.3 Å². The van der Waals surface area contributed by atoms with Crippen molar-refractivity contribution in [3.63, 3.8) is 0 Å². The first kappa shape index (κ1) is 26.3. The Balaban J connectivity index is 1.27. The number of imidazole rings is 1. The molecule has 3 N–H and O–H groups in total. The van der Waals surface area contributed by atoms with Gasteiger partial charge in [-0.05, 0) is 43.2 Å². The zero-order valence-electron chi connectivity index (χ0n) is 21.5. The smallest absolute Gasteiger partial charge is 0.416 e. The molecular weight excluding hydrogens is 539 g/mol. The molecule has 0 spiro atoms. The van der Waals surface area contributed by atoms with Gasteiger partial charge in [0.15, 0.2) is 0 Å². The number of alkyl halides is 3. The van der Waals surface area contributed by atoms with Gasteiger partial charge in [0.05, 0.1) is 11.6 Å². The molecule has 6 rings (SSSR count). The highest BCUT2D eigenvalue weighted by Gasteiger charge is 2.45. The lowest BCUT2D eigenvalue weighted by atomic mass is 9.90. The van der Waals surface area contributed by atoms with E-state index in [1.807, 2.05) is 4.40 Å². The van der Waals surface area contributed by atoms with Gasteiger partial charge in [-0.3, -0.25) is 9.20 Å². The SMILES string of the molecule is C=C[C@H]1OC(=O)N2C[C@H](c3nc(-c4ccc(C(=O)Nc5cc(C(F)(F)F)ccn5)cc4)c4c(N)nccn34)CC[C@@H]12. The normalized spacial score (nSPS) is 20.5. The summed E-state index contributed by atoms with van der Waals surface area (Å²) in [6.07, 6.45) is 2.21. The first-order valence-corrected chi connectivity index (χ1v) is 12.8. The highest BCUT2D eigenvalue weighted by atomic mass is 19.4. The van der Waals surface area contributed by atoms with Crippen molar-refractivity contribution in [2.24, 2.45) is 0 Å². The van der Waals surface area contributed by atoms with Gasteiger partial charge in [0.25, 0.3) is 5.91 Å². The number of anilines is 2. The van der Waals surface area contributed by atoms with Crippen LogP contribution in [0.2, 0.25) is 0 Å². The number of carbonyl (C=O) groups is 2. The minimum absolute atomic E-state index is 0.0569. The molecule has 0 radical (unpaired) electrons. The van der Waals surface area contributed by atoms with E-state index >= 15 is 0 Å². The summed E-state index contributed by atoms with van der Waals surface area (Å²) in [7, 11) is 0. The number of hydrogen-bond donors (Lipinski definition) is 2. The van der Waals surface area contributed by atoms with Crippen molar-refractivity contribution in [1.82, 2.24) is 24.3 Å². The highest BCUT2D eigenvalue weighted by molar-refractivity contribution is 6.04. The number of cyclic esters (lactones) is 1. The number of rotatable bonds is 5. The second-order valence-electron chi connectivity index (χ2n) is 9.89. The molecule has 2 fully saturated rings. The Kier molecular flexibility index (Phi) is 6.36. The van der Waals surface area contributed by atoms with E-state index in [1.165, 1.54) is 12.1 Å². The van der Waals surface area contributed by atoms with Crippen molar-refractivity contribution in [1.29, 1.82) is 0 Å². The molecule has 0 saturated carbocycles. The number of nitrogen functional groups attached to an aromatic ring is 1. The molecule has 4 aromatic rings. The zero-order valence-corrected chi connectivity index (χ0v) is 21.5. The van der Waals surface area contributed by atoms with Crippen LogP contribution in [-0.4, -0.2) is 54.9 Å². The number of aromatic nitrogens is 4. The van der Waals surface area contributed by atoms with E-state index in [1.54, 1.807) is 35.5 Å². The van der Waals surface area contributed by atoms with Crippen LogP contribution in [-0.2, 0) is 10.9 Å². The Labute approximate surface area is 231 Å². The van der Waals surface area contributed by atoms with Crippen molar-refractivity contribution in [2.45, 2.75) is 37.1 Å². The van der Waals surface area contributed by atoms with Crippen LogP contribution in [0, 0.1) is 0 Å². The first-order valence-electron chi connectivity index (χ1n) is 12.8. The number of piperidine rings is 1. The number of carbonyl (C=O) groups excluding carboxylic acids is 2. The van der Waals surface area contributed by atoms with Gasteiger partial charge in [-0.25, -0.2) is 19.7 Å². The van der Waals surface area contributed by atoms with Gasteiger partial charge in [-0.1, -0.05) is 18.7 Å². The molecule has 2 aliphatic rings. The van der Waals surface area contributed by atoms with Crippen molar-refractivity contribution < 1.29 is 27.5 Å². The topological polar surface area (TPSA) is 128 Å². The maximum atomic E-state index is 13.0. The molecule has 1 aromatic carbocycles. The predicted octanol–water partition coefficient (Wildman–Crippen LogP) is 4.90. The lowest BCUT2D eigenvalue weighted by molar-refractivity contribution is -0.137. The molecule has 10 nitrogen and oxygen atoms in total. The van der Waals surface area contributed by atoms with Crippen LogP contribution in [0.25, 0.3) is 16.8 Å². The van der Waals surface area contributed by atoms with Crippen LogP contribution < -0.4 is 11.1 Å². The van der Waals surface area contributed by atoms with Crippen molar-refractivity contribution in [3.05, 3.63) is 84.6 Å². The quantitative estimate of drug-likeness (QED) is 0.331. The van der Waals surface area contributed by atoms with E-state index < -0.39 is 17.6 Å². The molecule has 2 amide bonds. The second kappa shape index (κ2) is 9.91. The first-order chi connectivity index (χ1) is 19.6. The summed E-state index contributed by atoms with van der Waals surface area (Å²) in [4.78, 5) is 39.9. The molecule has 0 bridgehead atoms. The molecule has 41 heavy (non-hydrogen) atoms. The fourth-order valence-electron chi connectivity index (χ4n) is 5.44. The van der Waals surface area contributed by atoms with Crippen molar-refractivity contribution >= 4 is 29.2 Å². The number of ether oxygens (including phenoxy) is 1. The third-order valence-electron chi connectivity index (χ3n) is 7.44. The minimum atomic E-state index is -4.56. The number of benzene rings is 1. The largest absolute Gasteiger partial charge is 0.440 e. The molecule has 5 heterocycles. The molecular formula is C28H24F3N7O3. The number of amides is 2. The third-order valence-corrected chi connectivity index (χ3v) is 7.44. The maximum Gasteiger partial charge on any atom is 0.416 e. The summed E-state index contributed by atoms with van der Waals surface area (Å²) in [6, 6.07) is 7.97. The number of pyridine rings is 1. The standard InChI is InChI=1S/C28H24F3N7O3/c1-2-20-19-8-7-17(14-38(19)27(40)41-20)25-36-22(23-24(32)34-11-12-37(23)25)15-3-5-16(6-4-15)26(39)35-21-13-18(9-10-33-21)28(29,30)31/h2-6,9-13,17,19-20H,1,7-8,14H2,(H2,32,34)(H,33,35,39)/t17-,19+,20-/m1/s1. The molecule has 13 heteroatoms. The van der Waals surface area contributed by atoms with Crippen molar-refractivity contribution in [3.8, 4) is 11.3 Å². The molecule has 2 aliphatic heterocycles. The third kappa shape index (κ3) is 4.72. The fraction of sp³-hybridized carbons (Fsp3) is 0.250. The zero-order chi connectivity index (χ0) is 28.9. The van der Waals surface area contributed by atoms with E-state index in [4.69, 9.17) is 15.5 Å². The van der Waals surface area contributed by atoms with E-state index in [2.05, 4.69) is 21.9 Å². The van der Waals surface area contributed by atoms with Gasteiger partial charge in [-0.2, -0.15) is 13.2 Å². The van der Waals surface area contributed by atoms with Crippen LogP contribution in [0.5, 0.6) is 0 Å². The highest BCUT2D eigenvalue weighted by Crippen LogP contribution is 2.38. The van der Waals surface area contributed by atoms with E-state index in [9.17, 15) is 22.8 Å². The monoisotopic (exact) mass is 563 g/mol. The van der Waals surface area contributed by atoms with Crippen molar-refractivity contribution in [2.75, 3.05) is 17.6 Å². The van der Waals surface area contributed by atoms with Gasteiger partial charge in [-0.15, -0.1) is 0 Å². The van der Waals surface area contributed by atoms with Crippen LogP contribution >= 0.6 is 0 Å². The summed E-state index contributed by atoms with van der Waals surface area (Å²) in [6.45, 7) is 4.20. The lowest BCUT2D eigenvalue weighted by Crippen LogP contribution is -2.43. The number of fused-ring (bicyclic) bond motifs is 2. The molecule has 2 saturated heterocycles. The number of halogens is 3. The Morgan fingerprint density at radius 3 is 2.66 bits per heavy atom. The summed E-state index contributed by atoms with van der Waals surface area (Å²) < 4.78 is 46.3. The molecule has 0 unspecified atom stereocenters. The molecule has 210 valence electrons. The number of hydrogen-bond acceptors (Lipinski definition) is 7. The van der Waals surface area contributed by atoms with Crippen LogP contribution in [0.1, 0.15) is 40.5 Å². The Hall–Kier alpha value is -4.94. The van der Waals surface area contributed by atoms with Crippen LogP contribution in [0.4, 0.5) is 29.6 Å². The van der Waals surface area contributed by atoms with Gasteiger partial charge in [0, 0.05) is 42.2 Å². The Morgan fingerprint density at radius 2 is 1.93 bits per heavy atom. The van der Waals surface area contributed by atoms with Crippen LogP contribution in [0.3, 0.4) is 0 Å². The van der Waals surface area contributed by atoms with Gasteiger partial charge < -0.3 is 20.7 Å². The summed E-state index contributed by atoms with van der Waals surface area (Å²) in [5.74, 6) is 0.0606. The second-order valence-corrected chi connectivity index (χ2v) is 9.89. The summed E-state index contributed by atoms with van der Waals surface area (Å²) >= 11 is 0. The van der Waals surface area contributed by atoms with E-state index in [-0.39, 0.29) is 41.4 Å². The average Bonchev–Trinajstić information content (AvgIpc) is 3.51. The summed E-state index contributed by atoms with van der Waals surface area (Å²) in [5, 5.41) is 2.40.